The number of nitrogens with zero attached hydrogens (tertiary/aromatic N) is 1. The molecule has 1 fully saturated rings. The van der Waals surface area contributed by atoms with Crippen LogP contribution in [0.15, 0.2) is 42.5 Å². The Hall–Kier alpha value is -1.12. The Balaban J connectivity index is 1.57. The number of allylic oxidation sites excluding steroid dienone is 2. The summed E-state index contributed by atoms with van der Waals surface area (Å²) < 4.78 is 0. The first-order valence-electron chi connectivity index (χ1n) is 7.02. The summed E-state index contributed by atoms with van der Waals surface area (Å²) in [5.74, 6) is 0. The zero-order chi connectivity index (χ0) is 12.6. The Labute approximate surface area is 110 Å². The molecule has 1 heterocycles. The number of unbranched alkanes of at least 4 members (excludes halogenated alkanes) is 2. The molecule has 18 heavy (non-hydrogen) atoms. The first kappa shape index (κ1) is 13.3. The van der Waals surface area contributed by atoms with Crippen LogP contribution in [0.3, 0.4) is 0 Å². The Morgan fingerprint density at radius 1 is 1.17 bits per heavy atom. The standard InChI is InChI=1S/C16H23NO/c1-2-3-4-5-6-10-13-16-17(18-16)14-15-11-8-7-9-12-15/h5-9,11-12,16H,2-4,10,13-14H2,1H3/b6-5+. The van der Waals surface area contributed by atoms with Gasteiger partial charge in [0.15, 0.2) is 6.23 Å². The molecule has 98 valence electrons. The van der Waals surface area contributed by atoms with Crippen LogP contribution in [0.1, 0.15) is 44.6 Å². The van der Waals surface area contributed by atoms with Gasteiger partial charge in [-0.25, -0.2) is 0 Å². The van der Waals surface area contributed by atoms with Crippen molar-refractivity contribution < 1.29 is 4.84 Å². The molecule has 0 amide bonds. The van der Waals surface area contributed by atoms with Gasteiger partial charge in [-0.3, -0.25) is 4.84 Å². The van der Waals surface area contributed by atoms with Crippen LogP contribution in [0, 0.1) is 0 Å². The van der Waals surface area contributed by atoms with Crippen molar-refractivity contribution in [1.82, 2.24) is 5.06 Å². The van der Waals surface area contributed by atoms with Gasteiger partial charge in [-0.15, -0.1) is 0 Å². The summed E-state index contributed by atoms with van der Waals surface area (Å²) in [5, 5.41) is 2.06. The van der Waals surface area contributed by atoms with E-state index < -0.39 is 0 Å². The molecule has 0 radical (unpaired) electrons. The monoisotopic (exact) mass is 245 g/mol. The molecule has 0 aromatic heterocycles. The van der Waals surface area contributed by atoms with Crippen LogP contribution >= 0.6 is 0 Å². The lowest BCUT2D eigenvalue weighted by molar-refractivity contribution is 0.191. The van der Waals surface area contributed by atoms with E-state index in [1.165, 1.54) is 24.8 Å². The van der Waals surface area contributed by atoms with Crippen molar-refractivity contribution in [1.29, 1.82) is 0 Å². The van der Waals surface area contributed by atoms with E-state index in [0.717, 1.165) is 19.4 Å². The summed E-state index contributed by atoms with van der Waals surface area (Å²) in [6.45, 7) is 3.14. The SMILES string of the molecule is CCCC/C=C/CCC1ON1Cc1ccccc1. The maximum absolute atomic E-state index is 5.55. The molecule has 0 spiro atoms. The number of hydroxylamine groups is 2. The molecule has 2 rings (SSSR count). The average Bonchev–Trinajstić information content (AvgIpc) is 3.13. The van der Waals surface area contributed by atoms with E-state index in [1.807, 2.05) is 6.07 Å². The lowest BCUT2D eigenvalue weighted by atomic mass is 10.2. The van der Waals surface area contributed by atoms with Gasteiger partial charge in [0.05, 0.1) is 6.54 Å². The van der Waals surface area contributed by atoms with Gasteiger partial charge in [-0.05, 0) is 24.8 Å². The molecule has 0 aliphatic carbocycles. The van der Waals surface area contributed by atoms with Crippen LogP contribution in [0.2, 0.25) is 0 Å². The summed E-state index contributed by atoms with van der Waals surface area (Å²) in [6.07, 6.45) is 11.0. The molecule has 1 aromatic rings. The second kappa shape index (κ2) is 7.34. The molecule has 2 atom stereocenters. The zero-order valence-corrected chi connectivity index (χ0v) is 11.2. The van der Waals surface area contributed by atoms with Gasteiger partial charge < -0.3 is 0 Å². The molecule has 2 unspecified atom stereocenters. The van der Waals surface area contributed by atoms with Gasteiger partial charge in [0.25, 0.3) is 0 Å². The highest BCUT2D eigenvalue weighted by atomic mass is 16.8. The maximum Gasteiger partial charge on any atom is 0.155 e. The van der Waals surface area contributed by atoms with Crippen LogP contribution < -0.4 is 0 Å². The van der Waals surface area contributed by atoms with E-state index in [2.05, 4.69) is 48.4 Å². The van der Waals surface area contributed by atoms with Crippen molar-refractivity contribution in [3.63, 3.8) is 0 Å². The van der Waals surface area contributed by atoms with Gasteiger partial charge in [0.1, 0.15) is 0 Å². The number of hydrogen-bond donors (Lipinski definition) is 0. The van der Waals surface area contributed by atoms with Crippen LogP contribution in [0.25, 0.3) is 0 Å². The predicted molar refractivity (Wildman–Crippen MR) is 74.8 cm³/mol. The van der Waals surface area contributed by atoms with Gasteiger partial charge in [-0.1, -0.05) is 62.2 Å². The fraction of sp³-hybridized carbons (Fsp3) is 0.500. The molecule has 1 saturated heterocycles. The lowest BCUT2D eigenvalue weighted by Crippen LogP contribution is -2.01. The lowest BCUT2D eigenvalue weighted by Gasteiger charge is -1.98. The van der Waals surface area contributed by atoms with Gasteiger partial charge in [-0.2, -0.15) is 5.06 Å². The first-order chi connectivity index (χ1) is 8.90. The van der Waals surface area contributed by atoms with E-state index in [4.69, 9.17) is 4.84 Å². The topological polar surface area (TPSA) is 15.5 Å². The largest absolute Gasteiger partial charge is 0.275 e. The molecule has 0 N–H and O–H groups in total. The summed E-state index contributed by atoms with van der Waals surface area (Å²) in [6, 6.07) is 10.5. The highest BCUT2D eigenvalue weighted by molar-refractivity contribution is 5.14. The second-order valence-corrected chi connectivity index (χ2v) is 4.81. The molecule has 2 heteroatoms. The smallest absolute Gasteiger partial charge is 0.155 e. The fourth-order valence-corrected chi connectivity index (χ4v) is 2.02. The van der Waals surface area contributed by atoms with Crippen molar-refractivity contribution >= 4 is 0 Å². The Bertz CT molecular complexity index is 361. The van der Waals surface area contributed by atoms with Crippen molar-refractivity contribution in [3.05, 3.63) is 48.0 Å². The van der Waals surface area contributed by atoms with Crippen molar-refractivity contribution in [2.45, 2.75) is 51.8 Å². The summed E-state index contributed by atoms with van der Waals surface area (Å²) >= 11 is 0. The second-order valence-electron chi connectivity index (χ2n) is 4.81. The van der Waals surface area contributed by atoms with E-state index in [-0.39, 0.29) is 0 Å². The summed E-state index contributed by atoms with van der Waals surface area (Å²) in [5.41, 5.74) is 1.32. The number of hydrogen-bond acceptors (Lipinski definition) is 2. The Morgan fingerprint density at radius 2 is 1.94 bits per heavy atom. The molecular formula is C16H23NO. The van der Waals surface area contributed by atoms with Crippen LogP contribution in [-0.2, 0) is 11.4 Å². The molecule has 0 saturated carbocycles. The van der Waals surface area contributed by atoms with E-state index in [1.54, 1.807) is 0 Å². The number of rotatable bonds is 8. The minimum atomic E-state index is 0.334. The van der Waals surface area contributed by atoms with Crippen molar-refractivity contribution in [3.8, 4) is 0 Å². The normalized spacial score (nSPS) is 22.5. The minimum Gasteiger partial charge on any atom is -0.275 e. The van der Waals surface area contributed by atoms with E-state index in [9.17, 15) is 0 Å². The van der Waals surface area contributed by atoms with E-state index in [0.29, 0.717) is 6.23 Å². The van der Waals surface area contributed by atoms with Crippen LogP contribution in [0.4, 0.5) is 0 Å². The Morgan fingerprint density at radius 3 is 2.72 bits per heavy atom. The van der Waals surface area contributed by atoms with E-state index >= 15 is 0 Å². The third-order valence-corrected chi connectivity index (χ3v) is 3.19. The summed E-state index contributed by atoms with van der Waals surface area (Å²) in [7, 11) is 0. The average molecular weight is 245 g/mol. The summed E-state index contributed by atoms with van der Waals surface area (Å²) in [4.78, 5) is 5.55. The van der Waals surface area contributed by atoms with Crippen molar-refractivity contribution in [2.75, 3.05) is 0 Å². The Kier molecular flexibility index (Phi) is 5.43. The van der Waals surface area contributed by atoms with Crippen molar-refractivity contribution in [2.24, 2.45) is 0 Å². The molecular weight excluding hydrogens is 222 g/mol. The van der Waals surface area contributed by atoms with Gasteiger partial charge >= 0.3 is 0 Å². The number of benzene rings is 1. The predicted octanol–water partition coefficient (Wildman–Crippen LogP) is 4.29. The highest BCUT2D eigenvalue weighted by Crippen LogP contribution is 2.27. The molecule has 1 aliphatic heterocycles. The third-order valence-electron chi connectivity index (χ3n) is 3.19. The first-order valence-corrected chi connectivity index (χ1v) is 7.02. The third kappa shape index (κ3) is 4.63. The zero-order valence-electron chi connectivity index (χ0n) is 11.2. The van der Waals surface area contributed by atoms with Crippen LogP contribution in [-0.4, -0.2) is 11.3 Å². The quantitative estimate of drug-likeness (QED) is 0.386. The van der Waals surface area contributed by atoms with Crippen LogP contribution in [0.5, 0.6) is 0 Å². The van der Waals surface area contributed by atoms with Gasteiger partial charge in [0, 0.05) is 0 Å². The maximum atomic E-state index is 5.55. The highest BCUT2D eigenvalue weighted by Gasteiger charge is 2.34. The molecule has 2 nitrogen and oxygen atoms in total. The molecule has 0 bridgehead atoms. The molecule has 1 aromatic carbocycles. The van der Waals surface area contributed by atoms with Gasteiger partial charge in [0.2, 0.25) is 0 Å². The fourth-order valence-electron chi connectivity index (χ4n) is 2.02. The molecule has 1 aliphatic rings. The minimum absolute atomic E-state index is 0.334.